The molecule has 0 fully saturated rings. The van der Waals surface area contributed by atoms with Crippen molar-refractivity contribution in [2.45, 2.75) is 39.8 Å². The molecule has 2 atom stereocenters. The van der Waals surface area contributed by atoms with Gasteiger partial charge in [-0.25, -0.2) is 0 Å². The lowest BCUT2D eigenvalue weighted by Gasteiger charge is -2.29. The van der Waals surface area contributed by atoms with Gasteiger partial charge in [0.25, 0.3) is 0 Å². The molecule has 0 bridgehead atoms. The molecule has 0 radical (unpaired) electrons. The van der Waals surface area contributed by atoms with Crippen LogP contribution in [0.2, 0.25) is 0 Å². The molecular weight excluding hydrogens is 254 g/mol. The highest BCUT2D eigenvalue weighted by Gasteiger charge is 2.28. The second-order valence-corrected chi connectivity index (χ2v) is 4.69. The highest BCUT2D eigenvalue weighted by atomic mass is 16.5. The van der Waals surface area contributed by atoms with E-state index in [9.17, 15) is 9.90 Å². The Morgan fingerprint density at radius 3 is 2.20 bits per heavy atom. The monoisotopic (exact) mass is 279 g/mol. The maximum Gasteiger partial charge on any atom is 0.325 e. The molecular formula is C16H25NO3. The SMILES string of the molecule is CCOC(C)c1ccccc1C(C(=O)O)N(CC)CC. The van der Waals surface area contributed by atoms with Crippen molar-refractivity contribution >= 4 is 5.97 Å². The van der Waals surface area contributed by atoms with Gasteiger partial charge in [0.1, 0.15) is 6.04 Å². The fraction of sp³-hybridized carbons (Fsp3) is 0.562. The van der Waals surface area contributed by atoms with Crippen LogP contribution in [0.15, 0.2) is 24.3 Å². The fourth-order valence-electron chi connectivity index (χ4n) is 2.54. The first-order valence-corrected chi connectivity index (χ1v) is 7.23. The largest absolute Gasteiger partial charge is 0.480 e. The molecule has 1 aromatic rings. The first-order valence-electron chi connectivity index (χ1n) is 7.23. The molecule has 4 heteroatoms. The lowest BCUT2D eigenvalue weighted by atomic mass is 9.96. The zero-order valence-corrected chi connectivity index (χ0v) is 12.8. The molecule has 0 amide bonds. The maximum absolute atomic E-state index is 11.7. The van der Waals surface area contributed by atoms with E-state index >= 15 is 0 Å². The van der Waals surface area contributed by atoms with Gasteiger partial charge in [0.15, 0.2) is 0 Å². The summed E-state index contributed by atoms with van der Waals surface area (Å²) >= 11 is 0. The molecule has 0 spiro atoms. The first kappa shape index (κ1) is 16.7. The second-order valence-electron chi connectivity index (χ2n) is 4.69. The minimum atomic E-state index is -0.815. The Bertz CT molecular complexity index is 429. The second kappa shape index (κ2) is 8.02. The van der Waals surface area contributed by atoms with Gasteiger partial charge in [-0.3, -0.25) is 9.69 Å². The average Bonchev–Trinajstić information content (AvgIpc) is 2.44. The number of likely N-dealkylation sites (N-methyl/N-ethyl adjacent to an activating group) is 1. The van der Waals surface area contributed by atoms with E-state index in [1.807, 2.05) is 56.9 Å². The Labute approximate surface area is 121 Å². The predicted octanol–water partition coefficient (Wildman–Crippen LogP) is 3.25. The Morgan fingerprint density at radius 2 is 1.75 bits per heavy atom. The van der Waals surface area contributed by atoms with Crippen molar-refractivity contribution in [3.8, 4) is 0 Å². The molecule has 1 aromatic carbocycles. The molecule has 4 nitrogen and oxygen atoms in total. The van der Waals surface area contributed by atoms with Gasteiger partial charge in [-0.05, 0) is 38.1 Å². The number of rotatable bonds is 8. The van der Waals surface area contributed by atoms with Crippen molar-refractivity contribution < 1.29 is 14.6 Å². The van der Waals surface area contributed by atoms with Gasteiger partial charge in [-0.15, -0.1) is 0 Å². The summed E-state index contributed by atoms with van der Waals surface area (Å²) in [7, 11) is 0. The van der Waals surface area contributed by atoms with Crippen LogP contribution in [0.4, 0.5) is 0 Å². The number of aliphatic carboxylic acids is 1. The molecule has 20 heavy (non-hydrogen) atoms. The van der Waals surface area contributed by atoms with Crippen LogP contribution in [0.25, 0.3) is 0 Å². The van der Waals surface area contributed by atoms with E-state index in [0.717, 1.165) is 11.1 Å². The summed E-state index contributed by atoms with van der Waals surface area (Å²) in [5, 5.41) is 9.61. The van der Waals surface area contributed by atoms with E-state index in [0.29, 0.717) is 19.7 Å². The van der Waals surface area contributed by atoms with Crippen LogP contribution in [0.3, 0.4) is 0 Å². The van der Waals surface area contributed by atoms with Gasteiger partial charge < -0.3 is 9.84 Å². The van der Waals surface area contributed by atoms with Crippen LogP contribution in [0.5, 0.6) is 0 Å². The average molecular weight is 279 g/mol. The third-order valence-electron chi connectivity index (χ3n) is 3.56. The van der Waals surface area contributed by atoms with Crippen molar-refractivity contribution in [1.29, 1.82) is 0 Å². The summed E-state index contributed by atoms with van der Waals surface area (Å²) in [4.78, 5) is 13.7. The third-order valence-corrected chi connectivity index (χ3v) is 3.56. The lowest BCUT2D eigenvalue weighted by Crippen LogP contribution is -2.34. The summed E-state index contributed by atoms with van der Waals surface area (Å²) in [6.07, 6.45) is -0.103. The van der Waals surface area contributed by atoms with Crippen LogP contribution in [-0.4, -0.2) is 35.7 Å². The minimum absolute atomic E-state index is 0.103. The smallest absolute Gasteiger partial charge is 0.325 e. The van der Waals surface area contributed by atoms with Gasteiger partial charge in [0.05, 0.1) is 6.10 Å². The van der Waals surface area contributed by atoms with Gasteiger partial charge in [0.2, 0.25) is 0 Å². The fourth-order valence-corrected chi connectivity index (χ4v) is 2.54. The standard InChI is InChI=1S/C16H25NO3/c1-5-17(6-2)15(16(18)19)14-11-9-8-10-13(14)12(4)20-7-3/h8-12,15H,5-7H2,1-4H3,(H,18,19). The van der Waals surface area contributed by atoms with Gasteiger partial charge in [0, 0.05) is 6.61 Å². The Kier molecular flexibility index (Phi) is 6.68. The molecule has 2 unspecified atom stereocenters. The Hall–Kier alpha value is -1.39. The summed E-state index contributed by atoms with van der Waals surface area (Å²) < 4.78 is 5.63. The molecule has 1 rings (SSSR count). The number of carboxylic acid groups (broad SMARTS) is 1. The molecule has 0 aliphatic carbocycles. The molecule has 0 aliphatic rings. The summed E-state index contributed by atoms with van der Waals surface area (Å²) in [5.41, 5.74) is 1.78. The van der Waals surface area contributed by atoms with Gasteiger partial charge in [-0.1, -0.05) is 38.1 Å². The predicted molar refractivity (Wildman–Crippen MR) is 79.8 cm³/mol. The number of hydrogen-bond acceptors (Lipinski definition) is 3. The molecule has 0 saturated heterocycles. The van der Waals surface area contributed by atoms with E-state index in [4.69, 9.17) is 4.74 Å². The molecule has 0 heterocycles. The van der Waals surface area contributed by atoms with Crippen LogP contribution in [0.1, 0.15) is 51.0 Å². The summed E-state index contributed by atoms with van der Waals surface area (Å²) in [6.45, 7) is 9.87. The Morgan fingerprint density at radius 1 is 1.20 bits per heavy atom. The topological polar surface area (TPSA) is 49.8 Å². The zero-order valence-electron chi connectivity index (χ0n) is 12.8. The molecule has 1 N–H and O–H groups in total. The highest BCUT2D eigenvalue weighted by molar-refractivity contribution is 5.76. The van der Waals surface area contributed by atoms with E-state index in [1.165, 1.54) is 0 Å². The van der Waals surface area contributed by atoms with E-state index in [1.54, 1.807) is 0 Å². The van der Waals surface area contributed by atoms with Crippen molar-refractivity contribution in [2.75, 3.05) is 19.7 Å². The van der Waals surface area contributed by atoms with E-state index < -0.39 is 12.0 Å². The van der Waals surface area contributed by atoms with Crippen molar-refractivity contribution in [1.82, 2.24) is 4.90 Å². The third kappa shape index (κ3) is 3.81. The van der Waals surface area contributed by atoms with Crippen LogP contribution >= 0.6 is 0 Å². The molecule has 0 saturated carbocycles. The van der Waals surface area contributed by atoms with Crippen LogP contribution < -0.4 is 0 Å². The van der Waals surface area contributed by atoms with Gasteiger partial charge >= 0.3 is 5.97 Å². The normalized spacial score (nSPS) is 14.2. The lowest BCUT2D eigenvalue weighted by molar-refractivity contribution is -0.143. The minimum Gasteiger partial charge on any atom is -0.480 e. The van der Waals surface area contributed by atoms with E-state index in [-0.39, 0.29) is 6.10 Å². The van der Waals surface area contributed by atoms with Crippen LogP contribution in [-0.2, 0) is 9.53 Å². The number of nitrogens with zero attached hydrogens (tertiary/aromatic N) is 1. The number of ether oxygens (including phenoxy) is 1. The quantitative estimate of drug-likeness (QED) is 0.793. The highest BCUT2D eigenvalue weighted by Crippen LogP contribution is 2.29. The van der Waals surface area contributed by atoms with Crippen molar-refractivity contribution in [2.24, 2.45) is 0 Å². The maximum atomic E-state index is 11.7. The van der Waals surface area contributed by atoms with Crippen molar-refractivity contribution in [3.05, 3.63) is 35.4 Å². The van der Waals surface area contributed by atoms with Gasteiger partial charge in [-0.2, -0.15) is 0 Å². The zero-order chi connectivity index (χ0) is 15.1. The first-order chi connectivity index (χ1) is 9.56. The summed E-state index contributed by atoms with van der Waals surface area (Å²) in [5.74, 6) is -0.815. The molecule has 112 valence electrons. The number of carbonyl (C=O) groups is 1. The number of carboxylic acids is 1. The number of hydrogen-bond donors (Lipinski definition) is 1. The molecule has 0 aliphatic heterocycles. The number of benzene rings is 1. The van der Waals surface area contributed by atoms with Crippen molar-refractivity contribution in [3.63, 3.8) is 0 Å². The molecule has 0 aromatic heterocycles. The summed E-state index contributed by atoms with van der Waals surface area (Å²) in [6, 6.07) is 7.04. The van der Waals surface area contributed by atoms with E-state index in [2.05, 4.69) is 0 Å². The Balaban J connectivity index is 3.23. The van der Waals surface area contributed by atoms with Crippen LogP contribution in [0, 0.1) is 0 Å².